The van der Waals surface area contributed by atoms with E-state index in [1.165, 1.54) is 31.4 Å². The van der Waals surface area contributed by atoms with Gasteiger partial charge in [-0.15, -0.1) is 0 Å². The highest BCUT2D eigenvalue weighted by Crippen LogP contribution is 2.32. The zero-order chi connectivity index (χ0) is 13.9. The molecule has 106 valence electrons. The van der Waals surface area contributed by atoms with Gasteiger partial charge < -0.3 is 4.90 Å². The minimum absolute atomic E-state index is 0.482. The molecule has 2 rings (SSSR count). The number of nitrogens with zero attached hydrogens (tertiary/aromatic N) is 1. The third kappa shape index (κ3) is 3.43. The first-order chi connectivity index (χ1) is 9.02. The predicted octanol–water partition coefficient (Wildman–Crippen LogP) is 4.86. The molecule has 1 aromatic carbocycles. The third-order valence-electron chi connectivity index (χ3n) is 3.88. The predicted molar refractivity (Wildman–Crippen MR) is 71.3 cm³/mol. The van der Waals surface area contributed by atoms with Crippen molar-refractivity contribution >= 4 is 5.69 Å². The average Bonchev–Trinajstić information content (AvgIpc) is 2.40. The summed E-state index contributed by atoms with van der Waals surface area (Å²) in [6.45, 7) is 2.91. The van der Waals surface area contributed by atoms with E-state index in [1.54, 1.807) is 12.1 Å². The highest BCUT2D eigenvalue weighted by Gasteiger charge is 2.30. The SMILES string of the molecule is CCN(c1ccc(C(F)(F)F)cc1)C1CCCCC1. The highest BCUT2D eigenvalue weighted by molar-refractivity contribution is 5.49. The van der Waals surface area contributed by atoms with Crippen LogP contribution in [0.25, 0.3) is 0 Å². The summed E-state index contributed by atoms with van der Waals surface area (Å²) in [4.78, 5) is 2.24. The minimum Gasteiger partial charge on any atom is -0.369 e. The Morgan fingerprint density at radius 3 is 2.11 bits per heavy atom. The molecular weight excluding hydrogens is 251 g/mol. The van der Waals surface area contributed by atoms with Gasteiger partial charge in [-0.25, -0.2) is 0 Å². The van der Waals surface area contributed by atoms with Crippen LogP contribution < -0.4 is 4.90 Å². The third-order valence-corrected chi connectivity index (χ3v) is 3.88. The molecule has 1 fully saturated rings. The molecule has 0 bridgehead atoms. The van der Waals surface area contributed by atoms with Crippen LogP contribution in [0.15, 0.2) is 24.3 Å². The van der Waals surface area contributed by atoms with Crippen molar-refractivity contribution in [3.63, 3.8) is 0 Å². The summed E-state index contributed by atoms with van der Waals surface area (Å²) < 4.78 is 37.6. The van der Waals surface area contributed by atoms with Crippen LogP contribution in [-0.4, -0.2) is 12.6 Å². The van der Waals surface area contributed by atoms with E-state index >= 15 is 0 Å². The topological polar surface area (TPSA) is 3.24 Å². The molecule has 0 heterocycles. The Hall–Kier alpha value is -1.19. The van der Waals surface area contributed by atoms with Gasteiger partial charge in [-0.05, 0) is 44.0 Å². The Balaban J connectivity index is 2.14. The van der Waals surface area contributed by atoms with E-state index in [9.17, 15) is 13.2 Å². The van der Waals surface area contributed by atoms with Crippen LogP contribution in [-0.2, 0) is 6.18 Å². The summed E-state index contributed by atoms with van der Waals surface area (Å²) >= 11 is 0. The molecular formula is C15H20F3N. The zero-order valence-electron chi connectivity index (χ0n) is 11.2. The van der Waals surface area contributed by atoms with E-state index < -0.39 is 11.7 Å². The van der Waals surface area contributed by atoms with Gasteiger partial charge in [-0.2, -0.15) is 13.2 Å². The molecule has 1 nitrogen and oxygen atoms in total. The number of anilines is 1. The first-order valence-corrected chi connectivity index (χ1v) is 6.96. The Bertz CT molecular complexity index is 391. The maximum Gasteiger partial charge on any atom is 0.416 e. The quantitative estimate of drug-likeness (QED) is 0.758. The van der Waals surface area contributed by atoms with Crippen molar-refractivity contribution in [3.05, 3.63) is 29.8 Å². The highest BCUT2D eigenvalue weighted by atomic mass is 19.4. The Kier molecular flexibility index (Phi) is 4.38. The monoisotopic (exact) mass is 271 g/mol. The van der Waals surface area contributed by atoms with Crippen LogP contribution in [0.1, 0.15) is 44.6 Å². The summed E-state index contributed by atoms with van der Waals surface area (Å²) in [7, 11) is 0. The molecule has 0 spiro atoms. The standard InChI is InChI=1S/C15H20F3N/c1-2-19(13-6-4-3-5-7-13)14-10-8-12(9-11-14)15(16,17)18/h8-11,13H,2-7H2,1H3. The maximum absolute atomic E-state index is 12.5. The fourth-order valence-corrected chi connectivity index (χ4v) is 2.89. The molecule has 0 N–H and O–H groups in total. The molecule has 0 radical (unpaired) electrons. The molecule has 0 atom stereocenters. The van der Waals surface area contributed by atoms with E-state index in [0.717, 1.165) is 25.1 Å². The van der Waals surface area contributed by atoms with Crippen molar-refractivity contribution in [3.8, 4) is 0 Å². The smallest absolute Gasteiger partial charge is 0.369 e. The number of rotatable bonds is 3. The second kappa shape index (κ2) is 5.85. The van der Waals surface area contributed by atoms with E-state index in [-0.39, 0.29) is 0 Å². The first kappa shape index (κ1) is 14.2. The molecule has 4 heteroatoms. The van der Waals surface area contributed by atoms with Gasteiger partial charge in [-0.1, -0.05) is 19.3 Å². The molecule has 19 heavy (non-hydrogen) atoms. The van der Waals surface area contributed by atoms with Crippen molar-refractivity contribution in [2.24, 2.45) is 0 Å². The van der Waals surface area contributed by atoms with Crippen LogP contribution in [0.3, 0.4) is 0 Å². The second-order valence-electron chi connectivity index (χ2n) is 5.12. The number of hydrogen-bond acceptors (Lipinski definition) is 1. The summed E-state index contributed by atoms with van der Waals surface area (Å²) in [5.41, 5.74) is 0.332. The Labute approximate surface area is 112 Å². The van der Waals surface area contributed by atoms with Crippen LogP contribution in [0.4, 0.5) is 18.9 Å². The van der Waals surface area contributed by atoms with E-state index in [2.05, 4.69) is 11.8 Å². The molecule has 1 aliphatic rings. The fraction of sp³-hybridized carbons (Fsp3) is 0.600. The van der Waals surface area contributed by atoms with E-state index in [1.807, 2.05) is 0 Å². The normalized spacial score (nSPS) is 17.5. The van der Waals surface area contributed by atoms with Gasteiger partial charge in [0.1, 0.15) is 0 Å². The molecule has 0 amide bonds. The molecule has 0 unspecified atom stereocenters. The molecule has 0 aliphatic heterocycles. The zero-order valence-corrected chi connectivity index (χ0v) is 11.2. The second-order valence-corrected chi connectivity index (χ2v) is 5.12. The average molecular weight is 271 g/mol. The molecule has 1 saturated carbocycles. The van der Waals surface area contributed by atoms with Gasteiger partial charge in [0.25, 0.3) is 0 Å². The lowest BCUT2D eigenvalue weighted by molar-refractivity contribution is -0.137. The number of hydrogen-bond donors (Lipinski definition) is 0. The van der Waals surface area contributed by atoms with Crippen LogP contribution in [0, 0.1) is 0 Å². The lowest BCUT2D eigenvalue weighted by atomic mass is 9.93. The summed E-state index contributed by atoms with van der Waals surface area (Å²) in [5, 5.41) is 0. The lowest BCUT2D eigenvalue weighted by Crippen LogP contribution is -2.36. The van der Waals surface area contributed by atoms with Gasteiger partial charge in [0.05, 0.1) is 5.56 Å². The molecule has 0 saturated heterocycles. The van der Waals surface area contributed by atoms with Crippen molar-refractivity contribution in [2.45, 2.75) is 51.2 Å². The van der Waals surface area contributed by atoms with Crippen molar-refractivity contribution in [1.29, 1.82) is 0 Å². The maximum atomic E-state index is 12.5. The minimum atomic E-state index is -4.25. The van der Waals surface area contributed by atoms with E-state index in [4.69, 9.17) is 0 Å². The number of alkyl halides is 3. The van der Waals surface area contributed by atoms with Crippen LogP contribution >= 0.6 is 0 Å². The summed E-state index contributed by atoms with van der Waals surface area (Å²) in [6.07, 6.45) is 1.77. The van der Waals surface area contributed by atoms with Crippen LogP contribution in [0.5, 0.6) is 0 Å². The van der Waals surface area contributed by atoms with Gasteiger partial charge in [0, 0.05) is 18.3 Å². The summed E-state index contributed by atoms with van der Waals surface area (Å²) in [5.74, 6) is 0. The largest absolute Gasteiger partial charge is 0.416 e. The lowest BCUT2D eigenvalue weighted by Gasteiger charge is -2.35. The molecule has 1 aliphatic carbocycles. The Morgan fingerprint density at radius 2 is 1.63 bits per heavy atom. The van der Waals surface area contributed by atoms with Crippen LogP contribution in [0.2, 0.25) is 0 Å². The van der Waals surface area contributed by atoms with Gasteiger partial charge in [-0.3, -0.25) is 0 Å². The molecule has 1 aromatic rings. The molecule has 0 aromatic heterocycles. The fourth-order valence-electron chi connectivity index (χ4n) is 2.89. The van der Waals surface area contributed by atoms with Crippen molar-refractivity contribution < 1.29 is 13.2 Å². The van der Waals surface area contributed by atoms with Gasteiger partial charge in [0.15, 0.2) is 0 Å². The van der Waals surface area contributed by atoms with Gasteiger partial charge in [0.2, 0.25) is 0 Å². The number of halogens is 3. The first-order valence-electron chi connectivity index (χ1n) is 6.96. The Morgan fingerprint density at radius 1 is 1.05 bits per heavy atom. The number of benzene rings is 1. The van der Waals surface area contributed by atoms with Crippen molar-refractivity contribution in [1.82, 2.24) is 0 Å². The van der Waals surface area contributed by atoms with E-state index in [0.29, 0.717) is 6.04 Å². The van der Waals surface area contributed by atoms with Gasteiger partial charge >= 0.3 is 6.18 Å². The van der Waals surface area contributed by atoms with Crippen molar-refractivity contribution in [2.75, 3.05) is 11.4 Å². The summed E-state index contributed by atoms with van der Waals surface area (Å²) in [6, 6.07) is 6.04.